The van der Waals surface area contributed by atoms with Gasteiger partial charge in [-0.1, -0.05) is 0 Å². The van der Waals surface area contributed by atoms with Gasteiger partial charge in [0, 0.05) is 28.8 Å². The molecule has 102 valence electrons. The lowest BCUT2D eigenvalue weighted by Gasteiger charge is -2.24. The number of rotatable bonds is 2. The number of nitro groups is 1. The zero-order valence-electron chi connectivity index (χ0n) is 10.5. The van der Waals surface area contributed by atoms with Crippen molar-refractivity contribution in [2.45, 2.75) is 18.9 Å². The molecule has 19 heavy (non-hydrogen) atoms. The Hall–Kier alpha value is -0.890. The van der Waals surface area contributed by atoms with Gasteiger partial charge in [0.1, 0.15) is 5.69 Å². The summed E-state index contributed by atoms with van der Waals surface area (Å²) in [6.07, 6.45) is 2.44. The lowest BCUT2D eigenvalue weighted by Crippen LogP contribution is -2.40. The molecular weight excluding hydrogens is 357 g/mol. The molecule has 1 aromatic rings. The van der Waals surface area contributed by atoms with Gasteiger partial charge in [0.15, 0.2) is 0 Å². The number of hydrogen-bond acceptors (Lipinski definition) is 4. The smallest absolute Gasteiger partial charge is 0.293 e. The minimum absolute atomic E-state index is 0.227. The van der Waals surface area contributed by atoms with Gasteiger partial charge in [-0.3, -0.25) is 10.1 Å². The van der Waals surface area contributed by atoms with E-state index in [0.29, 0.717) is 12.0 Å². The van der Waals surface area contributed by atoms with Gasteiger partial charge in [-0.05, 0) is 60.0 Å². The van der Waals surface area contributed by atoms with Crippen LogP contribution in [0.4, 0.5) is 11.4 Å². The van der Waals surface area contributed by atoms with E-state index in [-0.39, 0.29) is 10.6 Å². The molecule has 2 fully saturated rings. The van der Waals surface area contributed by atoms with E-state index in [1.165, 1.54) is 12.8 Å². The van der Waals surface area contributed by atoms with E-state index in [4.69, 9.17) is 0 Å². The molecule has 0 spiro atoms. The van der Waals surface area contributed by atoms with Gasteiger partial charge in [0.25, 0.3) is 5.69 Å². The van der Waals surface area contributed by atoms with Gasteiger partial charge < -0.3 is 10.2 Å². The van der Waals surface area contributed by atoms with Crippen molar-refractivity contribution in [3.63, 3.8) is 0 Å². The van der Waals surface area contributed by atoms with Crippen molar-refractivity contribution in [1.29, 1.82) is 0 Å². The molecule has 0 amide bonds. The van der Waals surface area contributed by atoms with Gasteiger partial charge in [0.2, 0.25) is 0 Å². The van der Waals surface area contributed by atoms with E-state index >= 15 is 0 Å². The average molecular weight is 373 g/mol. The lowest BCUT2D eigenvalue weighted by molar-refractivity contribution is -0.384. The van der Waals surface area contributed by atoms with Gasteiger partial charge in [-0.2, -0.15) is 0 Å². The Balaban J connectivity index is 1.88. The summed E-state index contributed by atoms with van der Waals surface area (Å²) in [6, 6.07) is 5.98. The van der Waals surface area contributed by atoms with Crippen molar-refractivity contribution in [2.75, 3.05) is 24.5 Å². The first kappa shape index (κ1) is 13.1. The predicted octanol–water partition coefficient (Wildman–Crippen LogP) is 2.39. The maximum atomic E-state index is 11.2. The largest absolute Gasteiger partial charge is 0.364 e. The zero-order chi connectivity index (χ0) is 13.4. The highest BCUT2D eigenvalue weighted by Gasteiger charge is 2.36. The quantitative estimate of drug-likeness (QED) is 0.492. The first-order valence-electron chi connectivity index (χ1n) is 6.57. The fourth-order valence-corrected chi connectivity index (χ4v) is 3.63. The van der Waals surface area contributed by atoms with Crippen LogP contribution < -0.4 is 10.2 Å². The summed E-state index contributed by atoms with van der Waals surface area (Å²) in [5.41, 5.74) is 0.993. The number of hydrogen-bond donors (Lipinski definition) is 1. The summed E-state index contributed by atoms with van der Waals surface area (Å²) < 4.78 is 0.905. The number of nitrogens with zero attached hydrogens (tertiary/aromatic N) is 2. The molecule has 2 saturated heterocycles. The Bertz CT molecular complexity index is 495. The third kappa shape index (κ3) is 2.55. The van der Waals surface area contributed by atoms with E-state index in [1.807, 2.05) is 12.1 Å². The van der Waals surface area contributed by atoms with Crippen LogP contribution in [0.25, 0.3) is 0 Å². The highest BCUT2D eigenvalue weighted by Crippen LogP contribution is 2.35. The SMILES string of the molecule is O=[N+]([O-])c1cc(I)ccc1N1C[C@@H]2CCCN[C@@H]2C1. The van der Waals surface area contributed by atoms with E-state index in [1.54, 1.807) is 6.07 Å². The second-order valence-electron chi connectivity index (χ2n) is 5.26. The number of fused-ring (bicyclic) bond motifs is 1. The molecule has 0 radical (unpaired) electrons. The maximum absolute atomic E-state index is 11.2. The average Bonchev–Trinajstić information content (AvgIpc) is 2.82. The number of halogens is 1. The molecular formula is C13H16IN3O2. The van der Waals surface area contributed by atoms with Crippen LogP contribution in [-0.2, 0) is 0 Å². The Kier molecular flexibility index (Phi) is 3.62. The molecule has 0 bridgehead atoms. The topological polar surface area (TPSA) is 58.4 Å². The van der Waals surface area contributed by atoms with Crippen LogP contribution in [0, 0.1) is 19.6 Å². The standard InChI is InChI=1S/C13H16IN3O2/c14-10-3-4-12(13(6-10)17(18)19)16-7-9-2-1-5-15-11(9)8-16/h3-4,6,9,11,15H,1-2,5,7-8H2/t9-,11+/m0/s1. The van der Waals surface area contributed by atoms with Crippen molar-refractivity contribution < 1.29 is 4.92 Å². The van der Waals surface area contributed by atoms with Crippen LogP contribution in [0.2, 0.25) is 0 Å². The van der Waals surface area contributed by atoms with E-state index in [0.717, 1.165) is 28.9 Å². The Morgan fingerprint density at radius 1 is 1.42 bits per heavy atom. The molecule has 5 nitrogen and oxygen atoms in total. The summed E-state index contributed by atoms with van der Waals surface area (Å²) in [6.45, 7) is 2.88. The van der Waals surface area contributed by atoms with Crippen LogP contribution in [0.15, 0.2) is 18.2 Å². The number of nitro benzene ring substituents is 1. The Morgan fingerprint density at radius 3 is 3.00 bits per heavy atom. The monoisotopic (exact) mass is 373 g/mol. The normalized spacial score (nSPS) is 26.3. The highest BCUT2D eigenvalue weighted by atomic mass is 127. The third-order valence-electron chi connectivity index (χ3n) is 4.07. The molecule has 1 N–H and O–H groups in total. The predicted molar refractivity (Wildman–Crippen MR) is 82.5 cm³/mol. The fourth-order valence-electron chi connectivity index (χ4n) is 3.15. The van der Waals surface area contributed by atoms with Crippen molar-refractivity contribution in [3.8, 4) is 0 Å². The number of benzene rings is 1. The first-order valence-corrected chi connectivity index (χ1v) is 7.65. The van der Waals surface area contributed by atoms with Crippen molar-refractivity contribution >= 4 is 34.0 Å². The summed E-state index contributed by atoms with van der Waals surface area (Å²) in [5, 5.41) is 14.7. The van der Waals surface area contributed by atoms with Gasteiger partial charge in [-0.15, -0.1) is 0 Å². The third-order valence-corrected chi connectivity index (χ3v) is 4.75. The van der Waals surface area contributed by atoms with Crippen LogP contribution >= 0.6 is 22.6 Å². The number of piperidine rings is 1. The zero-order valence-corrected chi connectivity index (χ0v) is 12.7. The highest BCUT2D eigenvalue weighted by molar-refractivity contribution is 14.1. The Labute approximate surface area is 125 Å². The Morgan fingerprint density at radius 2 is 2.26 bits per heavy atom. The van der Waals surface area contributed by atoms with Gasteiger partial charge in [-0.25, -0.2) is 0 Å². The van der Waals surface area contributed by atoms with Crippen molar-refractivity contribution in [1.82, 2.24) is 5.32 Å². The summed E-state index contributed by atoms with van der Waals surface area (Å²) >= 11 is 2.12. The molecule has 6 heteroatoms. The molecule has 0 unspecified atom stereocenters. The molecule has 0 aliphatic carbocycles. The number of anilines is 1. The van der Waals surface area contributed by atoms with Gasteiger partial charge in [0.05, 0.1) is 4.92 Å². The first-order chi connectivity index (χ1) is 9.15. The van der Waals surface area contributed by atoms with Crippen molar-refractivity contribution in [2.24, 2.45) is 5.92 Å². The van der Waals surface area contributed by atoms with Crippen molar-refractivity contribution in [3.05, 3.63) is 31.9 Å². The van der Waals surface area contributed by atoms with Crippen LogP contribution in [0.5, 0.6) is 0 Å². The second-order valence-corrected chi connectivity index (χ2v) is 6.50. The van der Waals surface area contributed by atoms with E-state index in [9.17, 15) is 10.1 Å². The summed E-state index contributed by atoms with van der Waals surface area (Å²) in [5.74, 6) is 0.632. The molecule has 2 aliphatic rings. The molecule has 0 aromatic heterocycles. The van der Waals surface area contributed by atoms with Crippen LogP contribution in [0.3, 0.4) is 0 Å². The van der Waals surface area contributed by atoms with Crippen LogP contribution in [-0.4, -0.2) is 30.6 Å². The molecule has 2 aliphatic heterocycles. The van der Waals surface area contributed by atoms with Gasteiger partial charge >= 0.3 is 0 Å². The maximum Gasteiger partial charge on any atom is 0.293 e. The molecule has 0 saturated carbocycles. The minimum atomic E-state index is -0.271. The van der Waals surface area contributed by atoms with E-state index in [2.05, 4.69) is 32.8 Å². The lowest BCUT2D eigenvalue weighted by atomic mass is 9.94. The summed E-state index contributed by atoms with van der Waals surface area (Å²) in [7, 11) is 0. The minimum Gasteiger partial charge on any atom is -0.364 e. The molecule has 3 rings (SSSR count). The van der Waals surface area contributed by atoms with Crippen LogP contribution in [0.1, 0.15) is 12.8 Å². The summed E-state index contributed by atoms with van der Waals surface area (Å²) in [4.78, 5) is 13.1. The number of nitrogens with one attached hydrogen (secondary N) is 1. The molecule has 2 heterocycles. The molecule has 2 atom stereocenters. The molecule has 1 aromatic carbocycles. The van der Waals surface area contributed by atoms with E-state index < -0.39 is 0 Å². The fraction of sp³-hybridized carbons (Fsp3) is 0.538. The second kappa shape index (κ2) is 5.24.